The van der Waals surface area contributed by atoms with E-state index in [-0.39, 0.29) is 17.2 Å². The van der Waals surface area contributed by atoms with Gasteiger partial charge < -0.3 is 10.4 Å². The molecule has 2 N–H and O–H groups in total. The molecule has 1 aliphatic heterocycles. The number of anilines is 1. The van der Waals surface area contributed by atoms with E-state index in [9.17, 15) is 26.4 Å². The van der Waals surface area contributed by atoms with Crippen molar-refractivity contribution in [3.05, 3.63) is 54.4 Å². The van der Waals surface area contributed by atoms with Crippen LogP contribution in [0.2, 0.25) is 0 Å². The van der Waals surface area contributed by atoms with Gasteiger partial charge in [0.2, 0.25) is 15.9 Å². The van der Waals surface area contributed by atoms with E-state index in [1.807, 2.05) is 19.1 Å². The first-order valence-electron chi connectivity index (χ1n) is 10.5. The Bertz CT molecular complexity index is 1140. The first kappa shape index (κ1) is 25.6. The minimum Gasteiger partial charge on any atom is -0.475 e. The number of halogens is 3. The first-order chi connectivity index (χ1) is 15.9. The lowest BCUT2D eigenvalue weighted by molar-refractivity contribution is -0.192. The predicted molar refractivity (Wildman–Crippen MR) is 116 cm³/mol. The number of nitrogens with one attached hydrogen (secondary N) is 1. The van der Waals surface area contributed by atoms with Gasteiger partial charge >= 0.3 is 12.1 Å². The van der Waals surface area contributed by atoms with Gasteiger partial charge in [-0.15, -0.1) is 0 Å². The molecule has 2 fully saturated rings. The number of aliphatic carboxylic acids is 1. The molecular weight excluding hydrogens is 475 g/mol. The van der Waals surface area contributed by atoms with Crippen molar-refractivity contribution in [1.82, 2.24) is 9.29 Å². The highest BCUT2D eigenvalue weighted by Gasteiger charge is 2.62. The number of benzene rings is 1. The van der Waals surface area contributed by atoms with Gasteiger partial charge in [-0.25, -0.2) is 13.2 Å². The number of aryl methyl sites for hydroxylation is 1. The molecular formula is C22H24F3N3O5S. The molecule has 1 saturated carbocycles. The molecule has 184 valence electrons. The van der Waals surface area contributed by atoms with E-state index in [0.29, 0.717) is 23.7 Å². The predicted octanol–water partition coefficient (Wildman–Crippen LogP) is 3.32. The summed E-state index contributed by atoms with van der Waals surface area (Å²) in [5, 5.41) is 10.0. The van der Waals surface area contributed by atoms with Gasteiger partial charge in [0.05, 0.1) is 16.8 Å². The molecule has 2 aliphatic rings. The fourth-order valence-corrected chi connectivity index (χ4v) is 5.48. The summed E-state index contributed by atoms with van der Waals surface area (Å²) in [4.78, 5) is 25.7. The van der Waals surface area contributed by atoms with Crippen LogP contribution in [0.15, 0.2) is 53.7 Å². The Morgan fingerprint density at radius 2 is 1.88 bits per heavy atom. The van der Waals surface area contributed by atoms with E-state index in [1.165, 1.54) is 4.31 Å². The number of aromatic nitrogens is 1. The zero-order chi connectivity index (χ0) is 25.1. The van der Waals surface area contributed by atoms with Crippen molar-refractivity contribution in [3.8, 4) is 0 Å². The van der Waals surface area contributed by atoms with Crippen LogP contribution < -0.4 is 5.32 Å². The Balaban J connectivity index is 0.000000406. The summed E-state index contributed by atoms with van der Waals surface area (Å²) in [5.74, 6) is -2.94. The van der Waals surface area contributed by atoms with Crippen LogP contribution in [0.25, 0.3) is 0 Å². The summed E-state index contributed by atoms with van der Waals surface area (Å²) in [5.41, 5.74) is 1.56. The molecule has 1 amide bonds. The van der Waals surface area contributed by atoms with Crippen molar-refractivity contribution in [3.63, 3.8) is 0 Å². The Kier molecular flexibility index (Phi) is 7.32. The number of carbonyl (C=O) groups is 2. The summed E-state index contributed by atoms with van der Waals surface area (Å²) in [7, 11) is -3.51. The van der Waals surface area contributed by atoms with Crippen molar-refractivity contribution in [1.29, 1.82) is 0 Å². The molecule has 1 saturated heterocycles. The van der Waals surface area contributed by atoms with Gasteiger partial charge in [0.15, 0.2) is 0 Å². The molecule has 1 aromatic carbocycles. The molecule has 2 aromatic rings. The maximum atomic E-state index is 12.9. The van der Waals surface area contributed by atoms with Crippen molar-refractivity contribution in [2.75, 3.05) is 18.4 Å². The third-order valence-electron chi connectivity index (χ3n) is 6.00. The van der Waals surface area contributed by atoms with Crippen LogP contribution in [0.3, 0.4) is 0 Å². The van der Waals surface area contributed by atoms with Crippen LogP contribution >= 0.6 is 0 Å². The SMILES string of the molecule is CCc1ccc(S(=O)(=O)N2CCC3(CC3C(=O)Nc3cccnc3)C2)cc1.O=C(O)C(F)(F)F. The zero-order valence-corrected chi connectivity index (χ0v) is 19.1. The van der Waals surface area contributed by atoms with Crippen LogP contribution in [-0.4, -0.2) is 54.0 Å². The third kappa shape index (κ3) is 5.73. The van der Waals surface area contributed by atoms with E-state index in [2.05, 4.69) is 10.3 Å². The summed E-state index contributed by atoms with van der Waals surface area (Å²) in [6, 6.07) is 10.6. The zero-order valence-electron chi connectivity index (χ0n) is 18.2. The minimum atomic E-state index is -5.08. The lowest BCUT2D eigenvalue weighted by Crippen LogP contribution is -2.30. The van der Waals surface area contributed by atoms with Crippen molar-refractivity contribution in [2.24, 2.45) is 11.3 Å². The molecule has 2 unspecified atom stereocenters. The van der Waals surface area contributed by atoms with Gasteiger partial charge in [-0.3, -0.25) is 9.78 Å². The van der Waals surface area contributed by atoms with E-state index >= 15 is 0 Å². The second kappa shape index (κ2) is 9.71. The van der Waals surface area contributed by atoms with Gasteiger partial charge in [-0.2, -0.15) is 17.5 Å². The van der Waals surface area contributed by atoms with Crippen molar-refractivity contribution < 1.29 is 36.3 Å². The average molecular weight is 500 g/mol. The van der Waals surface area contributed by atoms with Crippen molar-refractivity contribution in [2.45, 2.75) is 37.3 Å². The number of carbonyl (C=O) groups excluding carboxylic acids is 1. The summed E-state index contributed by atoms with van der Waals surface area (Å²) in [6.07, 6.45) is 0.518. The number of sulfonamides is 1. The fourth-order valence-electron chi connectivity index (χ4n) is 3.94. The van der Waals surface area contributed by atoms with E-state index in [4.69, 9.17) is 9.90 Å². The second-order valence-electron chi connectivity index (χ2n) is 8.24. The normalized spacial score (nSPS) is 22.1. The molecule has 12 heteroatoms. The lowest BCUT2D eigenvalue weighted by Gasteiger charge is -2.17. The fraction of sp³-hybridized carbons (Fsp3) is 0.409. The van der Waals surface area contributed by atoms with Crippen LogP contribution in [0.1, 0.15) is 25.3 Å². The molecule has 1 spiro atoms. The molecule has 8 nitrogen and oxygen atoms in total. The van der Waals surface area contributed by atoms with Gasteiger partial charge in [0.25, 0.3) is 0 Å². The maximum absolute atomic E-state index is 12.9. The molecule has 2 atom stereocenters. The Morgan fingerprint density at radius 1 is 1.24 bits per heavy atom. The molecule has 0 bridgehead atoms. The van der Waals surface area contributed by atoms with Crippen molar-refractivity contribution >= 4 is 27.6 Å². The molecule has 1 aliphatic carbocycles. The number of rotatable bonds is 5. The highest BCUT2D eigenvalue weighted by molar-refractivity contribution is 7.89. The van der Waals surface area contributed by atoms with Gasteiger partial charge in [-0.1, -0.05) is 19.1 Å². The second-order valence-corrected chi connectivity index (χ2v) is 10.2. The summed E-state index contributed by atoms with van der Waals surface area (Å²) in [6.45, 7) is 2.92. The highest BCUT2D eigenvalue weighted by Crippen LogP contribution is 2.59. The Labute approximate surface area is 194 Å². The molecule has 4 rings (SSSR count). The number of nitrogens with zero attached hydrogens (tertiary/aromatic N) is 2. The topological polar surface area (TPSA) is 117 Å². The standard InChI is InChI=1S/C20H23N3O3S.C2HF3O2/c1-2-15-5-7-17(8-6-15)27(25,26)23-11-9-20(14-23)12-18(20)19(24)22-16-4-3-10-21-13-16;3-2(4,5)1(6)7/h3-8,10,13,18H,2,9,11-12,14H2,1H3,(H,22,24);(H,6,7). The summed E-state index contributed by atoms with van der Waals surface area (Å²) < 4.78 is 59.1. The molecule has 34 heavy (non-hydrogen) atoms. The Morgan fingerprint density at radius 3 is 2.41 bits per heavy atom. The van der Waals surface area contributed by atoms with Gasteiger partial charge in [0.1, 0.15) is 0 Å². The van der Waals surface area contributed by atoms with Crippen LogP contribution in [0, 0.1) is 11.3 Å². The number of hydrogen-bond acceptors (Lipinski definition) is 5. The van der Waals surface area contributed by atoms with Gasteiger partial charge in [0, 0.05) is 25.2 Å². The molecule has 1 aromatic heterocycles. The number of carboxylic acids is 1. The third-order valence-corrected chi connectivity index (χ3v) is 7.86. The van der Waals surface area contributed by atoms with E-state index < -0.39 is 22.2 Å². The number of pyridine rings is 1. The van der Waals surface area contributed by atoms with Crippen LogP contribution in [-0.2, 0) is 26.0 Å². The average Bonchev–Trinajstić information content (AvgIpc) is 3.33. The monoisotopic (exact) mass is 499 g/mol. The number of amides is 1. The van der Waals surface area contributed by atoms with E-state index in [0.717, 1.165) is 24.8 Å². The van der Waals surface area contributed by atoms with Gasteiger partial charge in [-0.05, 0) is 54.5 Å². The maximum Gasteiger partial charge on any atom is 0.490 e. The Hall–Kier alpha value is -2.99. The molecule has 2 heterocycles. The number of carboxylic acid groups (broad SMARTS) is 1. The number of alkyl halides is 3. The summed E-state index contributed by atoms with van der Waals surface area (Å²) >= 11 is 0. The smallest absolute Gasteiger partial charge is 0.475 e. The quantitative estimate of drug-likeness (QED) is 0.652. The lowest BCUT2D eigenvalue weighted by atomic mass is 10.0. The van der Waals surface area contributed by atoms with E-state index in [1.54, 1.807) is 36.7 Å². The first-order valence-corrected chi connectivity index (χ1v) is 11.9. The molecule has 0 radical (unpaired) electrons. The van der Waals surface area contributed by atoms with Crippen LogP contribution in [0.4, 0.5) is 18.9 Å². The highest BCUT2D eigenvalue weighted by atomic mass is 32.2. The number of hydrogen-bond donors (Lipinski definition) is 2. The van der Waals surface area contributed by atoms with Crippen LogP contribution in [0.5, 0.6) is 0 Å². The minimum absolute atomic E-state index is 0.0467. The largest absolute Gasteiger partial charge is 0.490 e.